The van der Waals surface area contributed by atoms with Crippen LogP contribution in [0.4, 0.5) is 5.69 Å². The standard InChI is InChI=1S/C24H32N4O3.HI/c1-3-25-24(26-11-9-18-7-8-22-23(13-18)31-17-30-22)27-15-19-10-12-28(16-19)20-5-4-6-21(14-20)29-2;/h4-8,13-14,19H,3,9-12,15-17H2,1-2H3,(H2,25,26,27);1H. The molecule has 0 aliphatic carbocycles. The number of guanidine groups is 1. The summed E-state index contributed by atoms with van der Waals surface area (Å²) >= 11 is 0. The smallest absolute Gasteiger partial charge is 0.231 e. The molecule has 2 heterocycles. The van der Waals surface area contributed by atoms with Crippen molar-refractivity contribution < 1.29 is 14.2 Å². The van der Waals surface area contributed by atoms with Gasteiger partial charge >= 0.3 is 0 Å². The lowest BCUT2D eigenvalue weighted by Crippen LogP contribution is -2.38. The Bertz CT molecular complexity index is 909. The third-order valence-electron chi connectivity index (χ3n) is 5.70. The Balaban J connectivity index is 0.00000289. The van der Waals surface area contributed by atoms with Crippen LogP contribution in [-0.2, 0) is 6.42 Å². The number of anilines is 1. The van der Waals surface area contributed by atoms with Crippen molar-refractivity contribution in [3.05, 3.63) is 48.0 Å². The van der Waals surface area contributed by atoms with Crippen molar-refractivity contribution in [1.29, 1.82) is 0 Å². The van der Waals surface area contributed by atoms with Gasteiger partial charge in [0, 0.05) is 44.5 Å². The SMILES string of the molecule is CCNC(=NCC1CCN(c2cccc(OC)c2)C1)NCCc1ccc2c(c1)OCO2.I. The minimum absolute atomic E-state index is 0. The third-order valence-corrected chi connectivity index (χ3v) is 5.70. The second-order valence-electron chi connectivity index (χ2n) is 7.89. The average Bonchev–Trinajstić information content (AvgIpc) is 3.47. The molecule has 1 fully saturated rings. The van der Waals surface area contributed by atoms with Crippen LogP contribution in [0.25, 0.3) is 0 Å². The number of ether oxygens (including phenoxy) is 3. The Hall–Kier alpha value is -2.36. The number of nitrogens with one attached hydrogen (secondary N) is 2. The molecule has 2 aliphatic heterocycles. The Morgan fingerprint density at radius 2 is 2.03 bits per heavy atom. The molecule has 1 unspecified atom stereocenters. The first-order valence-corrected chi connectivity index (χ1v) is 11.0. The quantitative estimate of drug-likeness (QED) is 0.296. The van der Waals surface area contributed by atoms with E-state index >= 15 is 0 Å². The molecule has 32 heavy (non-hydrogen) atoms. The lowest BCUT2D eigenvalue weighted by atomic mass is 10.1. The molecule has 1 saturated heterocycles. The van der Waals surface area contributed by atoms with Gasteiger partial charge in [-0.3, -0.25) is 4.99 Å². The lowest BCUT2D eigenvalue weighted by molar-refractivity contribution is 0.174. The molecule has 4 rings (SSSR count). The van der Waals surface area contributed by atoms with E-state index in [9.17, 15) is 0 Å². The minimum atomic E-state index is 0. The lowest BCUT2D eigenvalue weighted by Gasteiger charge is -2.19. The molecule has 1 atom stereocenters. The molecule has 0 spiro atoms. The summed E-state index contributed by atoms with van der Waals surface area (Å²) in [5.74, 6) is 3.99. The van der Waals surface area contributed by atoms with Crippen molar-refractivity contribution in [1.82, 2.24) is 10.6 Å². The first-order chi connectivity index (χ1) is 15.2. The molecule has 174 valence electrons. The highest BCUT2D eigenvalue weighted by Crippen LogP contribution is 2.32. The number of hydrogen-bond acceptors (Lipinski definition) is 5. The van der Waals surface area contributed by atoms with Gasteiger partial charge in [-0.15, -0.1) is 24.0 Å². The van der Waals surface area contributed by atoms with Gasteiger partial charge in [-0.25, -0.2) is 0 Å². The second-order valence-corrected chi connectivity index (χ2v) is 7.89. The van der Waals surface area contributed by atoms with E-state index in [4.69, 9.17) is 19.2 Å². The van der Waals surface area contributed by atoms with Crippen LogP contribution in [0, 0.1) is 5.92 Å². The number of methoxy groups -OCH3 is 1. The van der Waals surface area contributed by atoms with Crippen LogP contribution in [-0.4, -0.2) is 52.6 Å². The van der Waals surface area contributed by atoms with Crippen LogP contribution in [0.3, 0.4) is 0 Å². The largest absolute Gasteiger partial charge is 0.497 e. The summed E-state index contributed by atoms with van der Waals surface area (Å²) in [6, 6.07) is 14.4. The molecule has 2 aromatic rings. The van der Waals surface area contributed by atoms with E-state index < -0.39 is 0 Å². The molecule has 2 N–H and O–H groups in total. The molecule has 0 bridgehead atoms. The van der Waals surface area contributed by atoms with Gasteiger partial charge in [-0.2, -0.15) is 0 Å². The highest BCUT2D eigenvalue weighted by Gasteiger charge is 2.23. The Morgan fingerprint density at radius 3 is 2.88 bits per heavy atom. The van der Waals surface area contributed by atoms with Crippen molar-refractivity contribution in [2.75, 3.05) is 51.5 Å². The van der Waals surface area contributed by atoms with E-state index in [0.29, 0.717) is 12.7 Å². The molecule has 0 saturated carbocycles. The Morgan fingerprint density at radius 1 is 1.16 bits per heavy atom. The zero-order valence-electron chi connectivity index (χ0n) is 18.8. The molecule has 8 heteroatoms. The third kappa shape index (κ3) is 6.34. The number of nitrogens with zero attached hydrogens (tertiary/aromatic N) is 2. The van der Waals surface area contributed by atoms with Gasteiger partial charge in [-0.1, -0.05) is 12.1 Å². The number of aliphatic imine (C=N–C) groups is 1. The van der Waals surface area contributed by atoms with Gasteiger partial charge in [0.1, 0.15) is 5.75 Å². The van der Waals surface area contributed by atoms with Gasteiger partial charge in [0.25, 0.3) is 0 Å². The van der Waals surface area contributed by atoms with E-state index in [1.165, 1.54) is 11.3 Å². The molecule has 0 radical (unpaired) electrons. The highest BCUT2D eigenvalue weighted by molar-refractivity contribution is 14.0. The molecule has 0 aromatic heterocycles. The van der Waals surface area contributed by atoms with E-state index in [0.717, 1.165) is 68.8 Å². The van der Waals surface area contributed by atoms with Crippen molar-refractivity contribution in [2.45, 2.75) is 19.8 Å². The van der Waals surface area contributed by atoms with Gasteiger partial charge in [0.15, 0.2) is 17.5 Å². The van der Waals surface area contributed by atoms with Gasteiger partial charge in [-0.05, 0) is 55.5 Å². The van der Waals surface area contributed by atoms with Crippen molar-refractivity contribution in [2.24, 2.45) is 10.9 Å². The van der Waals surface area contributed by atoms with E-state index in [1.54, 1.807) is 7.11 Å². The summed E-state index contributed by atoms with van der Waals surface area (Å²) in [5, 5.41) is 6.81. The predicted molar refractivity (Wildman–Crippen MR) is 139 cm³/mol. The summed E-state index contributed by atoms with van der Waals surface area (Å²) < 4.78 is 16.2. The van der Waals surface area contributed by atoms with E-state index in [2.05, 4.69) is 46.7 Å². The number of hydrogen-bond donors (Lipinski definition) is 2. The fourth-order valence-electron chi connectivity index (χ4n) is 4.01. The molecule has 0 amide bonds. The maximum absolute atomic E-state index is 5.46. The fourth-order valence-corrected chi connectivity index (χ4v) is 4.01. The predicted octanol–water partition coefficient (Wildman–Crippen LogP) is 3.67. The average molecular weight is 552 g/mol. The monoisotopic (exact) mass is 552 g/mol. The van der Waals surface area contributed by atoms with E-state index in [1.807, 2.05) is 18.2 Å². The number of benzene rings is 2. The summed E-state index contributed by atoms with van der Waals surface area (Å²) in [7, 11) is 1.71. The van der Waals surface area contributed by atoms with Crippen LogP contribution >= 0.6 is 24.0 Å². The molecule has 7 nitrogen and oxygen atoms in total. The maximum atomic E-state index is 5.46. The van der Waals surface area contributed by atoms with Gasteiger partial charge < -0.3 is 29.7 Å². The number of halogens is 1. The normalized spacial score (nSPS) is 17.1. The number of fused-ring (bicyclic) bond motifs is 1. The zero-order valence-corrected chi connectivity index (χ0v) is 21.1. The van der Waals surface area contributed by atoms with Crippen molar-refractivity contribution >= 4 is 35.6 Å². The summed E-state index contributed by atoms with van der Waals surface area (Å²) in [5.41, 5.74) is 2.44. The minimum Gasteiger partial charge on any atom is -0.497 e. The first kappa shape index (κ1) is 24.3. The Labute approximate surface area is 207 Å². The first-order valence-electron chi connectivity index (χ1n) is 11.0. The van der Waals surface area contributed by atoms with Gasteiger partial charge in [0.2, 0.25) is 6.79 Å². The van der Waals surface area contributed by atoms with Crippen LogP contribution in [0.15, 0.2) is 47.5 Å². The second kappa shape index (κ2) is 12.0. The van der Waals surface area contributed by atoms with E-state index in [-0.39, 0.29) is 24.0 Å². The topological polar surface area (TPSA) is 67.4 Å². The van der Waals surface area contributed by atoms with Crippen LogP contribution in [0.1, 0.15) is 18.9 Å². The molecular formula is C24H33IN4O3. The molecular weight excluding hydrogens is 519 g/mol. The zero-order chi connectivity index (χ0) is 21.5. The van der Waals surface area contributed by atoms with Gasteiger partial charge in [0.05, 0.1) is 7.11 Å². The van der Waals surface area contributed by atoms with Crippen LogP contribution < -0.4 is 29.7 Å². The molecule has 2 aromatic carbocycles. The summed E-state index contributed by atoms with van der Waals surface area (Å²) in [4.78, 5) is 7.26. The summed E-state index contributed by atoms with van der Waals surface area (Å²) in [6.07, 6.45) is 2.05. The fraction of sp³-hybridized carbons (Fsp3) is 0.458. The molecule has 2 aliphatic rings. The van der Waals surface area contributed by atoms with Crippen molar-refractivity contribution in [3.63, 3.8) is 0 Å². The Kier molecular flexibility index (Phi) is 9.13. The maximum Gasteiger partial charge on any atom is 0.231 e. The van der Waals surface area contributed by atoms with Crippen LogP contribution in [0.5, 0.6) is 17.2 Å². The highest BCUT2D eigenvalue weighted by atomic mass is 127. The summed E-state index contributed by atoms with van der Waals surface area (Å²) in [6.45, 7) is 6.96. The van der Waals surface area contributed by atoms with Crippen LogP contribution in [0.2, 0.25) is 0 Å². The van der Waals surface area contributed by atoms with Crippen molar-refractivity contribution in [3.8, 4) is 17.2 Å². The number of rotatable bonds is 8.